The average molecular weight is 238 g/mol. The van der Waals surface area contributed by atoms with E-state index in [1.165, 1.54) is 18.2 Å². The quantitative estimate of drug-likeness (QED) is 0.646. The minimum atomic E-state index is -1.89. The third-order valence-electron chi connectivity index (χ3n) is 1.79. The first kappa shape index (κ1) is 12.4. The molecule has 0 radical (unpaired) electrons. The molecule has 1 aromatic carbocycles. The lowest BCUT2D eigenvalue weighted by Gasteiger charge is -2.20. The second-order valence-electron chi connectivity index (χ2n) is 4.39. The summed E-state index contributed by atoms with van der Waals surface area (Å²) in [6.07, 6.45) is 0.669. The zero-order valence-corrected chi connectivity index (χ0v) is 10.5. The zero-order chi connectivity index (χ0) is 12.3. The van der Waals surface area contributed by atoms with Crippen molar-refractivity contribution in [2.24, 2.45) is 0 Å². The van der Waals surface area contributed by atoms with Crippen molar-refractivity contribution in [1.82, 2.24) is 0 Å². The van der Waals surface area contributed by atoms with Crippen LogP contribution in [0.25, 0.3) is 0 Å². The summed E-state index contributed by atoms with van der Waals surface area (Å²) in [6, 6.07) is 4.32. The molecule has 0 unspecified atom stereocenters. The van der Waals surface area contributed by atoms with Crippen molar-refractivity contribution in [3.8, 4) is 5.75 Å². The molecule has 0 aliphatic rings. The molecule has 0 atom stereocenters. The molecule has 0 heterocycles. The molecule has 4 nitrogen and oxygen atoms in total. The highest BCUT2D eigenvalue weighted by atomic mass is 28.4. The number of hydrogen-bond donors (Lipinski definition) is 1. The van der Waals surface area contributed by atoms with Crippen molar-refractivity contribution >= 4 is 20.6 Å². The van der Waals surface area contributed by atoms with Gasteiger partial charge in [-0.05, 0) is 31.8 Å². The molecule has 5 heteroatoms. The van der Waals surface area contributed by atoms with Gasteiger partial charge in [-0.1, -0.05) is 6.07 Å². The van der Waals surface area contributed by atoms with Gasteiger partial charge in [-0.25, -0.2) is 4.79 Å². The van der Waals surface area contributed by atoms with E-state index in [1.54, 1.807) is 0 Å². The first-order chi connectivity index (χ1) is 7.33. The van der Waals surface area contributed by atoms with Crippen molar-refractivity contribution in [1.29, 1.82) is 0 Å². The molecule has 0 amide bonds. The maximum atomic E-state index is 11.0. The summed E-state index contributed by atoms with van der Waals surface area (Å²) in [5.41, 5.74) is 0.506. The van der Waals surface area contributed by atoms with Gasteiger partial charge in [-0.15, -0.1) is 0 Å². The van der Waals surface area contributed by atoms with E-state index in [4.69, 9.17) is 9.53 Å². The fraction of sp³-hybridized carbons (Fsp3) is 0.273. The van der Waals surface area contributed by atoms with Crippen LogP contribution in [0.4, 0.5) is 0 Å². The first-order valence-corrected chi connectivity index (χ1v) is 8.26. The number of carboxylic acid groups (broad SMARTS) is 1. The zero-order valence-electron chi connectivity index (χ0n) is 9.48. The molecular formula is C11H14O4Si. The van der Waals surface area contributed by atoms with E-state index in [-0.39, 0.29) is 11.3 Å². The largest absolute Gasteiger partial charge is 0.544 e. The van der Waals surface area contributed by atoms with Crippen molar-refractivity contribution in [2.75, 3.05) is 0 Å². The van der Waals surface area contributed by atoms with E-state index in [9.17, 15) is 9.59 Å². The standard InChI is InChI=1S/C11H14O4Si/c1-16(2,3)15-10-6-8(7-12)4-5-9(10)11(13)14/h4-7H,1-3H3,(H,13,14). The summed E-state index contributed by atoms with van der Waals surface area (Å²) in [4.78, 5) is 21.6. The molecule has 0 aliphatic heterocycles. The number of benzene rings is 1. The minimum Gasteiger partial charge on any atom is -0.544 e. The van der Waals surface area contributed by atoms with E-state index in [0.717, 1.165) is 0 Å². The summed E-state index contributed by atoms with van der Waals surface area (Å²) in [7, 11) is -1.89. The Hall–Kier alpha value is -1.62. The molecule has 0 saturated heterocycles. The van der Waals surface area contributed by atoms with E-state index in [0.29, 0.717) is 11.8 Å². The molecule has 1 N–H and O–H groups in total. The molecule has 0 spiro atoms. The van der Waals surface area contributed by atoms with E-state index in [2.05, 4.69) is 0 Å². The Balaban J connectivity index is 3.20. The van der Waals surface area contributed by atoms with Crippen LogP contribution < -0.4 is 4.43 Å². The Bertz CT molecular complexity index is 420. The van der Waals surface area contributed by atoms with E-state index < -0.39 is 14.3 Å². The van der Waals surface area contributed by atoms with Crippen LogP contribution in [0.15, 0.2) is 18.2 Å². The molecule has 0 aliphatic carbocycles. The van der Waals surface area contributed by atoms with Gasteiger partial charge >= 0.3 is 5.97 Å². The van der Waals surface area contributed by atoms with Gasteiger partial charge in [0.25, 0.3) is 0 Å². The SMILES string of the molecule is C[Si](C)(C)Oc1cc(C=O)ccc1C(=O)O. The molecule has 0 saturated carbocycles. The molecule has 1 aromatic rings. The number of rotatable bonds is 4. The van der Waals surface area contributed by atoms with E-state index >= 15 is 0 Å². The Labute approximate surface area is 95.0 Å². The van der Waals surface area contributed by atoms with Crippen molar-refractivity contribution < 1.29 is 19.1 Å². The monoisotopic (exact) mass is 238 g/mol. The number of aromatic carboxylic acids is 1. The summed E-state index contributed by atoms with van der Waals surface area (Å²) in [5, 5.41) is 8.97. The topological polar surface area (TPSA) is 63.6 Å². The predicted octanol–water partition coefficient (Wildman–Crippen LogP) is 2.41. The molecule has 0 bridgehead atoms. The Morgan fingerprint density at radius 3 is 2.44 bits per heavy atom. The van der Waals surface area contributed by atoms with Gasteiger partial charge < -0.3 is 9.53 Å². The summed E-state index contributed by atoms with van der Waals surface area (Å²) < 4.78 is 5.64. The third-order valence-corrected chi connectivity index (χ3v) is 2.62. The number of hydrogen-bond acceptors (Lipinski definition) is 3. The van der Waals surface area contributed by atoms with Crippen molar-refractivity contribution in [3.05, 3.63) is 29.3 Å². The van der Waals surface area contributed by atoms with Crippen LogP contribution in [-0.2, 0) is 0 Å². The third kappa shape index (κ3) is 3.20. The molecule has 0 fully saturated rings. The Morgan fingerprint density at radius 1 is 1.38 bits per heavy atom. The normalized spacial score (nSPS) is 10.9. The van der Waals surface area contributed by atoms with Crippen molar-refractivity contribution in [2.45, 2.75) is 19.6 Å². The lowest BCUT2D eigenvalue weighted by molar-refractivity contribution is 0.0694. The number of aldehydes is 1. The average Bonchev–Trinajstić information content (AvgIpc) is 2.14. The smallest absolute Gasteiger partial charge is 0.339 e. The van der Waals surface area contributed by atoms with Gasteiger partial charge in [0.2, 0.25) is 8.32 Å². The lowest BCUT2D eigenvalue weighted by atomic mass is 10.1. The maximum Gasteiger partial charge on any atom is 0.339 e. The number of carbonyl (C=O) groups excluding carboxylic acids is 1. The second-order valence-corrected chi connectivity index (χ2v) is 8.82. The molecule has 1 rings (SSSR count). The molecule has 16 heavy (non-hydrogen) atoms. The second kappa shape index (κ2) is 4.48. The fourth-order valence-electron chi connectivity index (χ4n) is 1.20. The van der Waals surface area contributed by atoms with Gasteiger partial charge in [-0.2, -0.15) is 0 Å². The van der Waals surface area contributed by atoms with Crippen LogP contribution in [0, 0.1) is 0 Å². The van der Waals surface area contributed by atoms with Crippen LogP contribution >= 0.6 is 0 Å². The highest BCUT2D eigenvalue weighted by Crippen LogP contribution is 2.23. The van der Waals surface area contributed by atoms with Crippen LogP contribution in [-0.4, -0.2) is 25.7 Å². The van der Waals surface area contributed by atoms with Crippen LogP contribution in [0.5, 0.6) is 5.75 Å². The van der Waals surface area contributed by atoms with Gasteiger partial charge in [0.15, 0.2) is 0 Å². The van der Waals surface area contributed by atoms with E-state index in [1.807, 2.05) is 19.6 Å². The Morgan fingerprint density at radius 2 is 2.00 bits per heavy atom. The summed E-state index contributed by atoms with van der Waals surface area (Å²) >= 11 is 0. The Kier molecular flexibility index (Phi) is 3.49. The fourth-order valence-corrected chi connectivity index (χ4v) is 2.03. The summed E-state index contributed by atoms with van der Waals surface area (Å²) in [6.45, 7) is 5.85. The summed E-state index contributed by atoms with van der Waals surface area (Å²) in [5.74, 6) is -0.776. The van der Waals surface area contributed by atoms with Gasteiger partial charge in [0.05, 0.1) is 0 Å². The maximum absolute atomic E-state index is 11.0. The van der Waals surface area contributed by atoms with Crippen LogP contribution in [0.1, 0.15) is 20.7 Å². The van der Waals surface area contributed by atoms with Gasteiger partial charge in [0.1, 0.15) is 17.6 Å². The van der Waals surface area contributed by atoms with Crippen LogP contribution in [0.3, 0.4) is 0 Å². The minimum absolute atomic E-state index is 0.0908. The first-order valence-electron chi connectivity index (χ1n) is 4.85. The van der Waals surface area contributed by atoms with Gasteiger partial charge in [-0.3, -0.25) is 4.79 Å². The molecule has 0 aromatic heterocycles. The number of carboxylic acids is 1. The molecule has 86 valence electrons. The highest BCUT2D eigenvalue weighted by Gasteiger charge is 2.20. The van der Waals surface area contributed by atoms with Gasteiger partial charge in [0, 0.05) is 5.56 Å². The lowest BCUT2D eigenvalue weighted by Crippen LogP contribution is -2.30. The number of carbonyl (C=O) groups is 2. The highest BCUT2D eigenvalue weighted by molar-refractivity contribution is 6.70. The molecular weight excluding hydrogens is 224 g/mol. The van der Waals surface area contributed by atoms with Crippen LogP contribution in [0.2, 0.25) is 19.6 Å². The predicted molar refractivity (Wildman–Crippen MR) is 62.8 cm³/mol. The van der Waals surface area contributed by atoms with Crippen molar-refractivity contribution in [3.63, 3.8) is 0 Å².